The average Bonchev–Trinajstić information content (AvgIpc) is 2.56. The Hall–Kier alpha value is -1.32. The van der Waals surface area contributed by atoms with Gasteiger partial charge in [-0.2, -0.15) is 0 Å². The van der Waals surface area contributed by atoms with Crippen molar-refractivity contribution in [3.63, 3.8) is 0 Å². The van der Waals surface area contributed by atoms with E-state index >= 15 is 0 Å². The van der Waals surface area contributed by atoms with Crippen LogP contribution in [0.1, 0.15) is 17.3 Å². The van der Waals surface area contributed by atoms with Gasteiger partial charge in [0.15, 0.2) is 0 Å². The van der Waals surface area contributed by atoms with E-state index in [1.165, 1.54) is 10.9 Å². The van der Waals surface area contributed by atoms with Crippen molar-refractivity contribution in [1.82, 2.24) is 4.98 Å². The molecule has 0 aliphatic carbocycles. The van der Waals surface area contributed by atoms with Crippen molar-refractivity contribution in [3.05, 3.63) is 35.5 Å². The van der Waals surface area contributed by atoms with Crippen molar-refractivity contribution in [2.45, 2.75) is 13.0 Å². The minimum absolute atomic E-state index is 0.0950. The Kier molecular flexibility index (Phi) is 2.27. The van der Waals surface area contributed by atoms with Gasteiger partial charge >= 0.3 is 0 Å². The molecule has 2 aromatic rings. The van der Waals surface area contributed by atoms with E-state index in [0.717, 1.165) is 11.2 Å². The van der Waals surface area contributed by atoms with Crippen LogP contribution in [0, 0.1) is 6.92 Å². The number of hydrogen-bond donors (Lipinski definition) is 3. The summed E-state index contributed by atoms with van der Waals surface area (Å²) in [5, 5.41) is 1.23. The van der Waals surface area contributed by atoms with Gasteiger partial charge in [0, 0.05) is 23.1 Å². The van der Waals surface area contributed by atoms with E-state index < -0.39 is 0 Å². The second kappa shape index (κ2) is 3.44. The largest absolute Gasteiger partial charge is 0.357 e. The Bertz CT molecular complexity index is 445. The highest BCUT2D eigenvalue weighted by atomic mass is 14.8. The molecule has 0 fully saturated rings. The third kappa shape index (κ3) is 1.31. The summed E-state index contributed by atoms with van der Waals surface area (Å²) in [6.07, 6.45) is 0. The van der Waals surface area contributed by atoms with E-state index in [2.05, 4.69) is 24.0 Å². The van der Waals surface area contributed by atoms with Crippen LogP contribution < -0.4 is 11.5 Å². The van der Waals surface area contributed by atoms with Crippen LogP contribution in [0.2, 0.25) is 0 Å². The molecule has 74 valence electrons. The van der Waals surface area contributed by atoms with Crippen LogP contribution in [0.15, 0.2) is 24.3 Å². The zero-order valence-corrected chi connectivity index (χ0v) is 8.25. The molecular formula is C11H15N3. The third-order valence-corrected chi connectivity index (χ3v) is 2.63. The van der Waals surface area contributed by atoms with Crippen LogP contribution >= 0.6 is 0 Å². The molecule has 0 bridgehead atoms. The maximum Gasteiger partial charge on any atom is 0.0575 e. The van der Waals surface area contributed by atoms with Crippen LogP contribution in [0.25, 0.3) is 10.9 Å². The van der Waals surface area contributed by atoms with Crippen molar-refractivity contribution in [2.75, 3.05) is 6.54 Å². The van der Waals surface area contributed by atoms with E-state index in [1.54, 1.807) is 0 Å². The molecule has 0 saturated heterocycles. The van der Waals surface area contributed by atoms with Gasteiger partial charge in [0.2, 0.25) is 0 Å². The monoisotopic (exact) mass is 189 g/mol. The molecule has 3 heteroatoms. The summed E-state index contributed by atoms with van der Waals surface area (Å²) in [6.45, 7) is 2.54. The maximum absolute atomic E-state index is 5.90. The number of fused-ring (bicyclic) bond motifs is 1. The molecule has 1 unspecified atom stereocenters. The molecule has 0 aliphatic rings. The van der Waals surface area contributed by atoms with Crippen LogP contribution in [-0.2, 0) is 0 Å². The van der Waals surface area contributed by atoms with Gasteiger partial charge in [-0.05, 0) is 18.6 Å². The number of H-pyrrole nitrogens is 1. The molecule has 0 saturated carbocycles. The lowest BCUT2D eigenvalue weighted by Crippen LogP contribution is -2.21. The summed E-state index contributed by atoms with van der Waals surface area (Å²) in [5.41, 5.74) is 14.8. The Labute approximate surface area is 83.1 Å². The van der Waals surface area contributed by atoms with Gasteiger partial charge in [0.1, 0.15) is 0 Å². The number of para-hydroxylation sites is 1. The number of benzene rings is 1. The van der Waals surface area contributed by atoms with E-state index in [4.69, 9.17) is 11.5 Å². The lowest BCUT2D eigenvalue weighted by Gasteiger charge is -2.07. The van der Waals surface area contributed by atoms with Crippen LogP contribution in [-0.4, -0.2) is 11.5 Å². The molecule has 0 amide bonds. The predicted molar refractivity (Wildman–Crippen MR) is 59.0 cm³/mol. The number of rotatable bonds is 2. The summed E-state index contributed by atoms with van der Waals surface area (Å²) in [6, 6.07) is 8.09. The first-order valence-corrected chi connectivity index (χ1v) is 4.77. The van der Waals surface area contributed by atoms with Crippen molar-refractivity contribution in [2.24, 2.45) is 11.5 Å². The Morgan fingerprint density at radius 3 is 2.71 bits per heavy atom. The summed E-state index contributed by atoms with van der Waals surface area (Å²) >= 11 is 0. The van der Waals surface area contributed by atoms with Crippen molar-refractivity contribution in [1.29, 1.82) is 0 Å². The van der Waals surface area contributed by atoms with Gasteiger partial charge in [-0.15, -0.1) is 0 Å². The Balaban J connectivity index is 2.62. The van der Waals surface area contributed by atoms with Gasteiger partial charge in [0.05, 0.1) is 6.04 Å². The fourth-order valence-corrected chi connectivity index (χ4v) is 1.79. The highest BCUT2D eigenvalue weighted by Gasteiger charge is 2.11. The fraction of sp³-hybridized carbons (Fsp3) is 0.273. The van der Waals surface area contributed by atoms with Crippen molar-refractivity contribution in [3.8, 4) is 0 Å². The summed E-state index contributed by atoms with van der Waals surface area (Å²) in [5.74, 6) is 0. The molecule has 0 spiro atoms. The van der Waals surface area contributed by atoms with Gasteiger partial charge in [-0.1, -0.05) is 18.2 Å². The quantitative estimate of drug-likeness (QED) is 0.669. The van der Waals surface area contributed by atoms with Crippen molar-refractivity contribution >= 4 is 10.9 Å². The molecular weight excluding hydrogens is 174 g/mol. The minimum atomic E-state index is -0.0950. The van der Waals surface area contributed by atoms with E-state index in [-0.39, 0.29) is 6.04 Å². The molecule has 14 heavy (non-hydrogen) atoms. The number of aryl methyl sites for hydroxylation is 1. The van der Waals surface area contributed by atoms with Gasteiger partial charge in [-0.25, -0.2) is 0 Å². The number of nitrogens with one attached hydrogen (secondary N) is 1. The molecule has 2 rings (SSSR count). The number of aromatic amines is 1. The molecule has 0 radical (unpaired) electrons. The third-order valence-electron chi connectivity index (χ3n) is 2.63. The highest BCUT2D eigenvalue weighted by molar-refractivity contribution is 5.84. The van der Waals surface area contributed by atoms with Crippen LogP contribution in [0.5, 0.6) is 0 Å². The van der Waals surface area contributed by atoms with Gasteiger partial charge < -0.3 is 16.5 Å². The minimum Gasteiger partial charge on any atom is -0.357 e. The number of hydrogen-bond acceptors (Lipinski definition) is 2. The summed E-state index contributed by atoms with van der Waals surface area (Å²) < 4.78 is 0. The highest BCUT2D eigenvalue weighted by Crippen LogP contribution is 2.24. The molecule has 1 heterocycles. The van der Waals surface area contributed by atoms with Crippen LogP contribution in [0.4, 0.5) is 0 Å². The Morgan fingerprint density at radius 2 is 2.07 bits per heavy atom. The molecule has 1 aromatic heterocycles. The van der Waals surface area contributed by atoms with E-state index in [9.17, 15) is 0 Å². The zero-order valence-electron chi connectivity index (χ0n) is 8.25. The lowest BCUT2D eigenvalue weighted by molar-refractivity contribution is 0.713. The number of nitrogens with two attached hydrogens (primary N) is 2. The van der Waals surface area contributed by atoms with Crippen molar-refractivity contribution < 1.29 is 0 Å². The predicted octanol–water partition coefficient (Wildman–Crippen LogP) is 1.43. The zero-order chi connectivity index (χ0) is 10.1. The first-order valence-electron chi connectivity index (χ1n) is 4.77. The first-order chi connectivity index (χ1) is 6.74. The van der Waals surface area contributed by atoms with Gasteiger partial charge in [-0.3, -0.25) is 0 Å². The second-order valence-electron chi connectivity index (χ2n) is 3.55. The van der Waals surface area contributed by atoms with Gasteiger partial charge in [0.25, 0.3) is 0 Å². The normalized spacial score (nSPS) is 13.4. The Morgan fingerprint density at radius 1 is 1.36 bits per heavy atom. The smallest absolute Gasteiger partial charge is 0.0575 e. The molecule has 5 N–H and O–H groups in total. The number of aromatic nitrogens is 1. The molecule has 3 nitrogen and oxygen atoms in total. The molecule has 0 aliphatic heterocycles. The molecule has 1 aromatic carbocycles. The van der Waals surface area contributed by atoms with Crippen LogP contribution in [0.3, 0.4) is 0 Å². The second-order valence-corrected chi connectivity index (χ2v) is 3.55. The molecule has 1 atom stereocenters. The fourth-order valence-electron chi connectivity index (χ4n) is 1.79. The SMILES string of the molecule is Cc1c(C(N)CN)[nH]c2ccccc12. The maximum atomic E-state index is 5.90. The first kappa shape index (κ1) is 9.24. The summed E-state index contributed by atoms with van der Waals surface area (Å²) in [7, 11) is 0. The van der Waals surface area contributed by atoms with E-state index in [0.29, 0.717) is 6.54 Å². The topological polar surface area (TPSA) is 67.8 Å². The standard InChI is InChI=1S/C11H15N3/c1-7-8-4-2-3-5-10(8)14-11(7)9(13)6-12/h2-5,9,14H,6,12-13H2,1H3. The lowest BCUT2D eigenvalue weighted by atomic mass is 10.1. The summed E-state index contributed by atoms with van der Waals surface area (Å²) in [4.78, 5) is 3.31. The average molecular weight is 189 g/mol. The van der Waals surface area contributed by atoms with E-state index in [1.807, 2.05) is 12.1 Å².